The predicted molar refractivity (Wildman–Crippen MR) is 137 cm³/mol. The molecule has 1 fully saturated rings. The van der Waals surface area contributed by atoms with E-state index < -0.39 is 23.6 Å². The zero-order valence-corrected chi connectivity index (χ0v) is 21.4. The van der Waals surface area contributed by atoms with Crippen molar-refractivity contribution in [3.8, 4) is 28.1 Å². The molecular weight excluding hydrogens is 550 g/mol. The second kappa shape index (κ2) is 8.59. The quantitative estimate of drug-likeness (QED) is 0.281. The summed E-state index contributed by atoms with van der Waals surface area (Å²) in [6.07, 6.45) is -1.27. The van der Waals surface area contributed by atoms with E-state index in [1.807, 2.05) is 6.07 Å². The summed E-state index contributed by atoms with van der Waals surface area (Å²) in [4.78, 5) is 20.9. The van der Waals surface area contributed by atoms with Crippen molar-refractivity contribution in [3.05, 3.63) is 98.8 Å². The number of aromatic amines is 1. The average Bonchev–Trinajstić information content (AvgIpc) is 3.24. The van der Waals surface area contributed by atoms with Crippen LogP contribution in [0.4, 0.5) is 17.6 Å². The first kappa shape index (κ1) is 24.7. The van der Waals surface area contributed by atoms with Gasteiger partial charge in [-0.1, -0.05) is 17.7 Å². The Kier molecular flexibility index (Phi) is 5.30. The van der Waals surface area contributed by atoms with Crippen LogP contribution in [0.2, 0.25) is 5.02 Å². The van der Waals surface area contributed by atoms with Crippen LogP contribution in [0.5, 0.6) is 0 Å². The Hall–Kier alpha value is -4.32. The zero-order valence-electron chi connectivity index (χ0n) is 20.6. The van der Waals surface area contributed by atoms with Gasteiger partial charge in [0.05, 0.1) is 29.2 Å². The van der Waals surface area contributed by atoms with Gasteiger partial charge in [0.25, 0.3) is 5.56 Å². The number of aryl methyl sites for hydroxylation is 1. The van der Waals surface area contributed by atoms with E-state index in [0.29, 0.717) is 27.7 Å². The summed E-state index contributed by atoms with van der Waals surface area (Å²) >= 11 is 6.29. The summed E-state index contributed by atoms with van der Waals surface area (Å²) in [6, 6.07) is 10.7. The third-order valence-corrected chi connectivity index (χ3v) is 7.90. The van der Waals surface area contributed by atoms with Gasteiger partial charge in [-0.2, -0.15) is 17.9 Å². The lowest BCUT2D eigenvalue weighted by atomic mass is 10.0. The van der Waals surface area contributed by atoms with Crippen molar-refractivity contribution in [2.45, 2.75) is 31.5 Å². The number of halogens is 5. The minimum Gasteiger partial charge on any atom is -0.340 e. The summed E-state index contributed by atoms with van der Waals surface area (Å²) in [5, 5.41) is 11.8. The van der Waals surface area contributed by atoms with Crippen molar-refractivity contribution in [1.82, 2.24) is 34.7 Å². The van der Waals surface area contributed by atoms with Crippen molar-refractivity contribution in [2.75, 3.05) is 0 Å². The van der Waals surface area contributed by atoms with E-state index in [1.54, 1.807) is 22.8 Å². The summed E-state index contributed by atoms with van der Waals surface area (Å²) in [5.41, 5.74) is 0.887. The van der Waals surface area contributed by atoms with E-state index >= 15 is 4.39 Å². The maximum Gasteiger partial charge on any atom is 0.419 e. The Morgan fingerprint density at radius 2 is 1.93 bits per heavy atom. The molecule has 0 bridgehead atoms. The number of nitrogens with zero attached hydrogens (tertiary/aromatic N) is 6. The first-order valence-electron chi connectivity index (χ1n) is 12.3. The molecule has 3 aromatic heterocycles. The summed E-state index contributed by atoms with van der Waals surface area (Å²) < 4.78 is 58.6. The lowest BCUT2D eigenvalue weighted by Crippen LogP contribution is -2.26. The van der Waals surface area contributed by atoms with E-state index in [0.717, 1.165) is 12.1 Å². The van der Waals surface area contributed by atoms with Gasteiger partial charge in [0.2, 0.25) is 0 Å². The maximum atomic E-state index is 15.0. The first-order valence-corrected chi connectivity index (χ1v) is 12.7. The number of H-pyrrole nitrogens is 1. The van der Waals surface area contributed by atoms with Crippen molar-refractivity contribution in [2.24, 2.45) is 5.92 Å². The molecule has 0 amide bonds. The van der Waals surface area contributed by atoms with E-state index in [1.165, 1.54) is 42.3 Å². The minimum absolute atomic E-state index is 0.0777. The lowest BCUT2D eigenvalue weighted by molar-refractivity contribution is -0.140. The van der Waals surface area contributed by atoms with Crippen LogP contribution in [0.25, 0.3) is 28.1 Å². The highest BCUT2D eigenvalue weighted by Gasteiger charge is 2.54. The van der Waals surface area contributed by atoms with E-state index in [4.69, 9.17) is 11.6 Å². The maximum absolute atomic E-state index is 15.0. The fraction of sp³-hybridized carbons (Fsp3) is 0.222. The first-order chi connectivity index (χ1) is 19.1. The van der Waals surface area contributed by atoms with Gasteiger partial charge in [-0.15, -0.1) is 5.10 Å². The predicted octanol–water partition coefficient (Wildman–Crippen LogP) is 5.71. The SMILES string of the molecule is Cc1ccc(-c2cnc(C3C4CC4c4cc(-c5cc(Cl)ccc5-n5cnnn5)cc(=O)n43)[nH]2)c(F)c1C(F)(F)F. The molecule has 2 aromatic carbocycles. The van der Waals surface area contributed by atoms with Gasteiger partial charge in [-0.05, 0) is 71.1 Å². The van der Waals surface area contributed by atoms with Crippen LogP contribution in [-0.4, -0.2) is 34.7 Å². The Morgan fingerprint density at radius 3 is 2.67 bits per heavy atom. The smallest absolute Gasteiger partial charge is 0.340 e. The molecule has 8 nitrogen and oxygen atoms in total. The molecule has 1 aliphatic heterocycles. The van der Waals surface area contributed by atoms with Crippen molar-refractivity contribution in [3.63, 3.8) is 0 Å². The molecule has 7 rings (SSSR count). The molecule has 5 aromatic rings. The Balaban J connectivity index is 1.29. The molecule has 40 heavy (non-hydrogen) atoms. The molecule has 0 spiro atoms. The monoisotopic (exact) mass is 567 g/mol. The van der Waals surface area contributed by atoms with Gasteiger partial charge in [-0.25, -0.2) is 9.37 Å². The normalized spacial score (nSPS) is 19.5. The highest BCUT2D eigenvalue weighted by molar-refractivity contribution is 6.31. The Morgan fingerprint density at radius 1 is 1.10 bits per heavy atom. The molecule has 0 saturated heterocycles. The second-order valence-corrected chi connectivity index (χ2v) is 10.5. The van der Waals surface area contributed by atoms with Crippen LogP contribution in [0.1, 0.15) is 41.0 Å². The van der Waals surface area contributed by atoms with Crippen LogP contribution in [0.3, 0.4) is 0 Å². The third-order valence-electron chi connectivity index (χ3n) is 7.67. The highest BCUT2D eigenvalue weighted by Crippen LogP contribution is 2.60. The molecule has 202 valence electrons. The van der Waals surface area contributed by atoms with Crippen LogP contribution >= 0.6 is 11.6 Å². The molecular formula is C27H18ClF4N7O. The van der Waals surface area contributed by atoms with E-state index in [2.05, 4.69) is 25.5 Å². The summed E-state index contributed by atoms with van der Waals surface area (Å²) in [7, 11) is 0. The number of benzene rings is 2. The summed E-state index contributed by atoms with van der Waals surface area (Å²) in [6.45, 7) is 1.21. The molecule has 4 heterocycles. The fourth-order valence-electron chi connectivity index (χ4n) is 5.82. The largest absolute Gasteiger partial charge is 0.419 e. The number of imidazole rings is 1. The fourth-order valence-corrected chi connectivity index (χ4v) is 5.99. The Bertz CT molecular complexity index is 1860. The van der Waals surface area contributed by atoms with Gasteiger partial charge in [-0.3, -0.25) is 4.79 Å². The van der Waals surface area contributed by atoms with E-state index in [9.17, 15) is 18.0 Å². The van der Waals surface area contributed by atoms with Gasteiger partial charge >= 0.3 is 6.18 Å². The number of hydrogen-bond acceptors (Lipinski definition) is 5. The van der Waals surface area contributed by atoms with E-state index in [-0.39, 0.29) is 34.2 Å². The minimum atomic E-state index is -4.84. The molecule has 13 heteroatoms. The van der Waals surface area contributed by atoms with Crippen LogP contribution in [0, 0.1) is 18.7 Å². The number of alkyl halides is 3. The standard InChI is InChI=1S/C27H18ClF4N7O/c1-12-2-4-15(24(29)23(12)27(30,31)32)19-10-33-26(35-19)25-18-9-17(18)21-6-13(7-22(40)39(21)25)16-8-14(28)3-5-20(16)38-11-34-36-37-38/h2-8,10-11,17-18,25H,9H2,1H3,(H,33,35). The number of nitrogens with one attached hydrogen (secondary N) is 1. The lowest BCUT2D eigenvalue weighted by Gasteiger charge is -2.18. The number of hydrogen-bond donors (Lipinski definition) is 1. The van der Waals surface area contributed by atoms with Gasteiger partial charge in [0, 0.05) is 33.8 Å². The van der Waals surface area contributed by atoms with Gasteiger partial charge < -0.3 is 9.55 Å². The molecule has 1 N–H and O–H groups in total. The van der Waals surface area contributed by atoms with Gasteiger partial charge in [0.1, 0.15) is 18.0 Å². The molecule has 3 atom stereocenters. The molecule has 0 radical (unpaired) electrons. The van der Waals surface area contributed by atoms with Crippen LogP contribution < -0.4 is 5.56 Å². The van der Waals surface area contributed by atoms with Crippen molar-refractivity contribution >= 4 is 11.6 Å². The number of tetrazole rings is 1. The topological polar surface area (TPSA) is 94.3 Å². The molecule has 3 unspecified atom stereocenters. The highest BCUT2D eigenvalue weighted by atomic mass is 35.5. The Labute approximate surface area is 228 Å². The van der Waals surface area contributed by atoms with Crippen LogP contribution in [0.15, 0.2) is 59.8 Å². The van der Waals surface area contributed by atoms with Crippen molar-refractivity contribution < 1.29 is 17.6 Å². The van der Waals surface area contributed by atoms with Crippen molar-refractivity contribution in [1.29, 1.82) is 0 Å². The number of rotatable bonds is 4. The number of aromatic nitrogens is 7. The number of pyridine rings is 1. The summed E-state index contributed by atoms with van der Waals surface area (Å²) in [5.74, 6) is -0.786. The molecule has 1 saturated carbocycles. The third kappa shape index (κ3) is 3.77. The average molecular weight is 568 g/mol. The second-order valence-electron chi connectivity index (χ2n) is 10.0. The molecule has 1 aliphatic carbocycles. The zero-order chi connectivity index (χ0) is 27.9. The molecule has 2 aliphatic rings. The van der Waals surface area contributed by atoms with Gasteiger partial charge in [0.15, 0.2) is 0 Å². The van der Waals surface area contributed by atoms with Crippen LogP contribution in [-0.2, 0) is 6.18 Å². The number of fused-ring (bicyclic) bond motifs is 3.